The van der Waals surface area contributed by atoms with E-state index in [1.165, 1.54) is 0 Å². The lowest BCUT2D eigenvalue weighted by Crippen LogP contribution is -2.06. The Morgan fingerprint density at radius 3 is 2.17 bits per heavy atom. The van der Waals surface area contributed by atoms with Crippen molar-refractivity contribution >= 4 is 7.60 Å². The molecule has 12 heavy (non-hydrogen) atoms. The molecule has 4 heteroatoms. The van der Waals surface area contributed by atoms with Crippen LogP contribution in [0.1, 0.15) is 34.1 Å². The lowest BCUT2D eigenvalue weighted by molar-refractivity contribution is 0.206. The van der Waals surface area contributed by atoms with Crippen molar-refractivity contribution in [3.63, 3.8) is 0 Å². The molecule has 0 amide bonds. The molecule has 0 N–H and O–H groups in total. The summed E-state index contributed by atoms with van der Waals surface area (Å²) < 4.78 is 22.2. The highest BCUT2D eigenvalue weighted by molar-refractivity contribution is 7.54. The second kappa shape index (κ2) is 5.74. The molecule has 0 saturated carbocycles. The Hall–Kier alpha value is 0.150. The maximum atomic E-state index is 11.8. The Kier molecular flexibility index (Phi) is 5.81. The first-order valence-corrected chi connectivity index (χ1v) is 6.06. The van der Waals surface area contributed by atoms with Gasteiger partial charge in [0.2, 0.25) is 0 Å². The van der Waals surface area contributed by atoms with Gasteiger partial charge in [-0.15, -0.1) is 0 Å². The van der Waals surface area contributed by atoms with E-state index in [0.717, 1.165) is 6.42 Å². The first kappa shape index (κ1) is 12.2. The van der Waals surface area contributed by atoms with Crippen LogP contribution < -0.4 is 0 Å². The SMILES string of the molecule is CCCOP(=O)(OCC)C(C)C. The van der Waals surface area contributed by atoms with Gasteiger partial charge in [-0.3, -0.25) is 4.57 Å². The van der Waals surface area contributed by atoms with E-state index >= 15 is 0 Å². The van der Waals surface area contributed by atoms with E-state index in [2.05, 4.69) is 0 Å². The van der Waals surface area contributed by atoms with E-state index < -0.39 is 7.60 Å². The highest BCUT2D eigenvalue weighted by atomic mass is 31.2. The molecule has 0 aromatic carbocycles. The van der Waals surface area contributed by atoms with Crippen LogP contribution in [-0.4, -0.2) is 18.9 Å². The van der Waals surface area contributed by atoms with Crippen LogP contribution in [-0.2, 0) is 13.6 Å². The Labute approximate surface area is 75.0 Å². The van der Waals surface area contributed by atoms with Crippen LogP contribution in [0.3, 0.4) is 0 Å². The van der Waals surface area contributed by atoms with Gasteiger partial charge < -0.3 is 9.05 Å². The smallest absolute Gasteiger partial charge is 0.309 e. The molecule has 0 radical (unpaired) electrons. The number of hydrogen-bond acceptors (Lipinski definition) is 3. The zero-order valence-corrected chi connectivity index (χ0v) is 9.27. The van der Waals surface area contributed by atoms with Gasteiger partial charge in [-0.25, -0.2) is 0 Å². The minimum absolute atomic E-state index is 0.0519. The van der Waals surface area contributed by atoms with Crippen molar-refractivity contribution < 1.29 is 13.6 Å². The van der Waals surface area contributed by atoms with Crippen LogP contribution in [0.4, 0.5) is 0 Å². The lowest BCUT2D eigenvalue weighted by Gasteiger charge is -2.20. The molecule has 3 nitrogen and oxygen atoms in total. The molecule has 74 valence electrons. The van der Waals surface area contributed by atoms with Crippen molar-refractivity contribution in [1.29, 1.82) is 0 Å². The van der Waals surface area contributed by atoms with Crippen molar-refractivity contribution in [2.45, 2.75) is 39.8 Å². The molecule has 0 bridgehead atoms. The van der Waals surface area contributed by atoms with Crippen LogP contribution in [0.25, 0.3) is 0 Å². The quantitative estimate of drug-likeness (QED) is 0.609. The summed E-state index contributed by atoms with van der Waals surface area (Å²) in [6.45, 7) is 8.47. The molecule has 0 aliphatic carbocycles. The standard InChI is InChI=1S/C8H19O3P/c1-5-7-11-12(9,8(3)4)10-6-2/h8H,5-7H2,1-4H3. The molecule has 0 fully saturated rings. The van der Waals surface area contributed by atoms with Crippen LogP contribution in [0.15, 0.2) is 0 Å². The predicted octanol–water partition coefficient (Wildman–Crippen LogP) is 3.05. The highest BCUT2D eigenvalue weighted by Gasteiger charge is 2.27. The number of rotatable bonds is 6. The molecule has 1 unspecified atom stereocenters. The summed E-state index contributed by atoms with van der Waals surface area (Å²) in [5.41, 5.74) is -0.0519. The van der Waals surface area contributed by atoms with Gasteiger partial charge in [0.05, 0.1) is 18.9 Å². The van der Waals surface area contributed by atoms with Gasteiger partial charge in [0.1, 0.15) is 0 Å². The topological polar surface area (TPSA) is 35.5 Å². The van der Waals surface area contributed by atoms with Crippen molar-refractivity contribution in [3.8, 4) is 0 Å². The van der Waals surface area contributed by atoms with E-state index in [9.17, 15) is 4.57 Å². The Morgan fingerprint density at radius 2 is 1.83 bits per heavy atom. The molecule has 0 aliphatic rings. The van der Waals surface area contributed by atoms with Crippen molar-refractivity contribution in [2.75, 3.05) is 13.2 Å². The third-order valence-corrected chi connectivity index (χ3v) is 3.84. The van der Waals surface area contributed by atoms with Crippen LogP contribution in [0.5, 0.6) is 0 Å². The van der Waals surface area contributed by atoms with Gasteiger partial charge >= 0.3 is 7.60 Å². The van der Waals surface area contributed by atoms with Crippen LogP contribution in [0.2, 0.25) is 0 Å². The fraction of sp³-hybridized carbons (Fsp3) is 1.00. The van der Waals surface area contributed by atoms with Crippen molar-refractivity contribution in [2.24, 2.45) is 0 Å². The summed E-state index contributed by atoms with van der Waals surface area (Å²) >= 11 is 0. The van der Waals surface area contributed by atoms with E-state index in [1.54, 1.807) is 0 Å². The Bertz CT molecular complexity index is 156. The molecule has 1 atom stereocenters. The van der Waals surface area contributed by atoms with E-state index in [0.29, 0.717) is 13.2 Å². The lowest BCUT2D eigenvalue weighted by atomic mass is 10.5. The second-order valence-electron chi connectivity index (χ2n) is 2.88. The average molecular weight is 194 g/mol. The molecule has 0 aromatic heterocycles. The second-order valence-corrected chi connectivity index (χ2v) is 5.51. The molecule has 0 aromatic rings. The minimum atomic E-state index is -2.81. The van der Waals surface area contributed by atoms with Gasteiger partial charge in [-0.05, 0) is 13.3 Å². The van der Waals surface area contributed by atoms with E-state index in [4.69, 9.17) is 9.05 Å². The molecule has 0 heterocycles. The molecular weight excluding hydrogens is 175 g/mol. The maximum Gasteiger partial charge on any atom is 0.333 e. The third kappa shape index (κ3) is 3.70. The van der Waals surface area contributed by atoms with Crippen molar-refractivity contribution in [3.05, 3.63) is 0 Å². The third-order valence-electron chi connectivity index (χ3n) is 1.42. The fourth-order valence-electron chi connectivity index (χ4n) is 0.734. The monoisotopic (exact) mass is 194 g/mol. The molecule has 0 saturated heterocycles. The van der Waals surface area contributed by atoms with E-state index in [-0.39, 0.29) is 5.66 Å². The zero-order chi connectivity index (χ0) is 9.61. The summed E-state index contributed by atoms with van der Waals surface area (Å²) in [4.78, 5) is 0. The zero-order valence-electron chi connectivity index (χ0n) is 8.37. The maximum absolute atomic E-state index is 11.8. The largest absolute Gasteiger partial charge is 0.333 e. The van der Waals surface area contributed by atoms with Crippen LogP contribution in [0, 0.1) is 0 Å². The van der Waals surface area contributed by atoms with Gasteiger partial charge in [0.25, 0.3) is 0 Å². The van der Waals surface area contributed by atoms with Gasteiger partial charge in [-0.2, -0.15) is 0 Å². The summed E-state index contributed by atoms with van der Waals surface area (Å²) in [6.07, 6.45) is 0.865. The molecular formula is C8H19O3P. The summed E-state index contributed by atoms with van der Waals surface area (Å²) in [7, 11) is -2.81. The predicted molar refractivity (Wildman–Crippen MR) is 50.6 cm³/mol. The normalized spacial score (nSPS) is 16.4. The van der Waals surface area contributed by atoms with Gasteiger partial charge in [-0.1, -0.05) is 20.8 Å². The fourth-order valence-corrected chi connectivity index (χ4v) is 2.20. The summed E-state index contributed by atoms with van der Waals surface area (Å²) in [5.74, 6) is 0. The summed E-state index contributed by atoms with van der Waals surface area (Å²) in [5, 5.41) is 0. The van der Waals surface area contributed by atoms with Gasteiger partial charge in [0, 0.05) is 0 Å². The van der Waals surface area contributed by atoms with Gasteiger partial charge in [0.15, 0.2) is 0 Å². The Balaban J connectivity index is 4.09. The Morgan fingerprint density at radius 1 is 1.25 bits per heavy atom. The number of hydrogen-bond donors (Lipinski definition) is 0. The molecule has 0 aliphatic heterocycles. The highest BCUT2D eigenvalue weighted by Crippen LogP contribution is 2.52. The molecule has 0 rings (SSSR count). The first-order chi connectivity index (χ1) is 5.56. The average Bonchev–Trinajstić information content (AvgIpc) is 2.01. The molecule has 0 spiro atoms. The summed E-state index contributed by atoms with van der Waals surface area (Å²) in [6, 6.07) is 0. The van der Waals surface area contributed by atoms with Crippen LogP contribution >= 0.6 is 7.60 Å². The first-order valence-electron chi connectivity index (χ1n) is 4.45. The minimum Gasteiger partial charge on any atom is -0.309 e. The van der Waals surface area contributed by atoms with Crippen molar-refractivity contribution in [1.82, 2.24) is 0 Å². The van der Waals surface area contributed by atoms with E-state index in [1.807, 2.05) is 27.7 Å².